The average molecular weight is 253 g/mol. The lowest BCUT2D eigenvalue weighted by atomic mass is 9.95. The fourth-order valence-corrected chi connectivity index (χ4v) is 2.50. The maximum atomic E-state index is 11.2. The number of halogens is 1. The van der Waals surface area contributed by atoms with E-state index in [1.807, 2.05) is 6.07 Å². The molecule has 92 valence electrons. The predicted octanol–water partition coefficient (Wildman–Crippen LogP) is 3.18. The van der Waals surface area contributed by atoms with Crippen LogP contribution in [0.5, 0.6) is 0 Å². The van der Waals surface area contributed by atoms with Crippen molar-refractivity contribution in [2.45, 2.75) is 38.1 Å². The fraction of sp³-hybridized carbons (Fsp3) is 0.462. The number of carbonyl (C=O) groups excluding carboxylic acids is 1. The summed E-state index contributed by atoms with van der Waals surface area (Å²) in [4.78, 5) is 11.2. The summed E-state index contributed by atoms with van der Waals surface area (Å²) < 4.78 is 0. The van der Waals surface area contributed by atoms with Gasteiger partial charge in [0, 0.05) is 11.7 Å². The first-order valence-corrected chi connectivity index (χ1v) is 6.40. The molecule has 1 aliphatic rings. The number of hydrogen-bond acceptors (Lipinski definition) is 2. The lowest BCUT2D eigenvalue weighted by Gasteiger charge is -2.24. The molecule has 1 aromatic carbocycles. The Hall–Kier alpha value is -1.22. The molecule has 1 saturated carbocycles. The van der Waals surface area contributed by atoms with E-state index in [4.69, 9.17) is 17.3 Å². The van der Waals surface area contributed by atoms with E-state index in [0.717, 1.165) is 5.69 Å². The minimum Gasteiger partial charge on any atom is -0.382 e. The zero-order chi connectivity index (χ0) is 12.3. The minimum absolute atomic E-state index is 0.382. The molecular weight excluding hydrogens is 236 g/mol. The molecule has 0 atom stereocenters. The highest BCUT2D eigenvalue weighted by Crippen LogP contribution is 2.24. The molecule has 0 bridgehead atoms. The van der Waals surface area contributed by atoms with Crippen LogP contribution in [0.25, 0.3) is 0 Å². The van der Waals surface area contributed by atoms with Crippen LogP contribution < -0.4 is 11.1 Å². The lowest BCUT2D eigenvalue weighted by Crippen LogP contribution is -2.22. The van der Waals surface area contributed by atoms with E-state index in [1.165, 1.54) is 32.1 Å². The Morgan fingerprint density at radius 3 is 2.65 bits per heavy atom. The van der Waals surface area contributed by atoms with E-state index in [2.05, 4.69) is 5.32 Å². The molecule has 0 radical (unpaired) electrons. The number of primary amides is 1. The van der Waals surface area contributed by atoms with Gasteiger partial charge in [0.05, 0.1) is 10.6 Å². The second-order valence-electron chi connectivity index (χ2n) is 4.54. The Labute approximate surface area is 106 Å². The molecule has 0 saturated heterocycles. The highest BCUT2D eigenvalue weighted by Gasteiger charge is 2.14. The van der Waals surface area contributed by atoms with Gasteiger partial charge in [-0.2, -0.15) is 0 Å². The molecule has 2 rings (SSSR count). The first kappa shape index (κ1) is 12.2. The van der Waals surface area contributed by atoms with Gasteiger partial charge in [-0.1, -0.05) is 30.9 Å². The number of nitrogens with one attached hydrogen (secondary N) is 1. The van der Waals surface area contributed by atoms with E-state index >= 15 is 0 Å². The largest absolute Gasteiger partial charge is 0.382 e. The van der Waals surface area contributed by atoms with Crippen molar-refractivity contribution in [1.29, 1.82) is 0 Å². The van der Waals surface area contributed by atoms with Crippen LogP contribution in [-0.4, -0.2) is 11.9 Å². The van der Waals surface area contributed by atoms with Crippen molar-refractivity contribution in [3.8, 4) is 0 Å². The summed E-state index contributed by atoms with van der Waals surface area (Å²) in [6.07, 6.45) is 6.25. The normalized spacial score (nSPS) is 16.8. The van der Waals surface area contributed by atoms with Crippen molar-refractivity contribution in [1.82, 2.24) is 0 Å². The van der Waals surface area contributed by atoms with E-state index in [1.54, 1.807) is 12.1 Å². The van der Waals surface area contributed by atoms with E-state index in [-0.39, 0.29) is 0 Å². The number of amides is 1. The van der Waals surface area contributed by atoms with Gasteiger partial charge in [0.1, 0.15) is 0 Å². The van der Waals surface area contributed by atoms with Crippen molar-refractivity contribution in [2.24, 2.45) is 5.73 Å². The molecule has 1 aromatic rings. The number of hydrogen-bond donors (Lipinski definition) is 2. The van der Waals surface area contributed by atoms with Gasteiger partial charge in [-0.3, -0.25) is 4.79 Å². The Morgan fingerprint density at radius 2 is 2.00 bits per heavy atom. The quantitative estimate of drug-likeness (QED) is 0.868. The zero-order valence-electron chi connectivity index (χ0n) is 9.71. The number of anilines is 1. The summed E-state index contributed by atoms with van der Waals surface area (Å²) in [5.41, 5.74) is 6.57. The Kier molecular flexibility index (Phi) is 3.89. The summed E-state index contributed by atoms with van der Waals surface area (Å²) in [6.45, 7) is 0. The van der Waals surface area contributed by atoms with Gasteiger partial charge in [0.25, 0.3) is 0 Å². The topological polar surface area (TPSA) is 55.1 Å². The van der Waals surface area contributed by atoms with Crippen molar-refractivity contribution in [2.75, 3.05) is 5.32 Å². The van der Waals surface area contributed by atoms with Gasteiger partial charge >= 0.3 is 0 Å². The van der Waals surface area contributed by atoms with Gasteiger partial charge in [0.2, 0.25) is 5.91 Å². The van der Waals surface area contributed by atoms with Crippen molar-refractivity contribution in [3.05, 3.63) is 28.8 Å². The average Bonchev–Trinajstić information content (AvgIpc) is 2.32. The van der Waals surface area contributed by atoms with Crippen molar-refractivity contribution in [3.63, 3.8) is 0 Å². The highest BCUT2D eigenvalue weighted by molar-refractivity contribution is 6.33. The lowest BCUT2D eigenvalue weighted by molar-refractivity contribution is 0.100. The van der Waals surface area contributed by atoms with Crippen LogP contribution in [0.2, 0.25) is 5.02 Å². The highest BCUT2D eigenvalue weighted by atomic mass is 35.5. The molecule has 1 amide bonds. The van der Waals surface area contributed by atoms with Gasteiger partial charge in [-0.05, 0) is 31.0 Å². The molecule has 0 spiro atoms. The van der Waals surface area contributed by atoms with E-state index < -0.39 is 5.91 Å². The van der Waals surface area contributed by atoms with E-state index in [0.29, 0.717) is 16.6 Å². The standard InChI is InChI=1S/C13H17ClN2O/c14-12-7-6-10(8-11(12)13(15)17)16-9-4-2-1-3-5-9/h6-9,16H,1-5H2,(H2,15,17). The summed E-state index contributed by atoms with van der Waals surface area (Å²) in [7, 11) is 0. The summed E-state index contributed by atoms with van der Waals surface area (Å²) in [6, 6.07) is 5.85. The van der Waals surface area contributed by atoms with Crippen LogP contribution in [0.15, 0.2) is 18.2 Å². The maximum absolute atomic E-state index is 11.2. The predicted molar refractivity (Wildman–Crippen MR) is 70.5 cm³/mol. The smallest absolute Gasteiger partial charge is 0.250 e. The molecule has 0 aromatic heterocycles. The number of nitrogens with two attached hydrogens (primary N) is 1. The SMILES string of the molecule is NC(=O)c1cc(NC2CCCCC2)ccc1Cl. The third-order valence-corrected chi connectivity index (χ3v) is 3.54. The number of benzene rings is 1. The van der Waals surface area contributed by atoms with Crippen LogP contribution in [0.3, 0.4) is 0 Å². The Balaban J connectivity index is 2.10. The monoisotopic (exact) mass is 252 g/mol. The molecule has 0 aliphatic heterocycles. The summed E-state index contributed by atoms with van der Waals surface area (Å²) in [5, 5.41) is 3.85. The van der Waals surface area contributed by atoms with Gasteiger partial charge in [-0.25, -0.2) is 0 Å². The van der Waals surface area contributed by atoms with Crippen LogP contribution >= 0.6 is 11.6 Å². The number of rotatable bonds is 3. The first-order valence-electron chi connectivity index (χ1n) is 6.02. The molecule has 3 nitrogen and oxygen atoms in total. The summed E-state index contributed by atoms with van der Waals surface area (Å²) >= 11 is 5.91. The van der Waals surface area contributed by atoms with Gasteiger partial charge < -0.3 is 11.1 Å². The van der Waals surface area contributed by atoms with E-state index in [9.17, 15) is 4.79 Å². The molecule has 1 fully saturated rings. The fourth-order valence-electron chi connectivity index (χ4n) is 2.29. The first-order chi connectivity index (χ1) is 8.16. The van der Waals surface area contributed by atoms with Gasteiger partial charge in [0.15, 0.2) is 0 Å². The van der Waals surface area contributed by atoms with Crippen molar-refractivity contribution >= 4 is 23.2 Å². The third kappa shape index (κ3) is 3.13. The van der Waals surface area contributed by atoms with Crippen LogP contribution in [0.4, 0.5) is 5.69 Å². The Morgan fingerprint density at radius 1 is 1.29 bits per heavy atom. The minimum atomic E-state index is -0.484. The second-order valence-corrected chi connectivity index (χ2v) is 4.95. The molecule has 0 unspecified atom stereocenters. The molecular formula is C13H17ClN2O. The second kappa shape index (κ2) is 5.41. The number of carbonyl (C=O) groups is 1. The van der Waals surface area contributed by atoms with Crippen molar-refractivity contribution < 1.29 is 4.79 Å². The third-order valence-electron chi connectivity index (χ3n) is 3.21. The molecule has 1 aliphatic carbocycles. The molecule has 0 heterocycles. The van der Waals surface area contributed by atoms with Crippen LogP contribution in [-0.2, 0) is 0 Å². The van der Waals surface area contributed by atoms with Gasteiger partial charge in [-0.15, -0.1) is 0 Å². The maximum Gasteiger partial charge on any atom is 0.250 e. The molecule has 4 heteroatoms. The van der Waals surface area contributed by atoms with Crippen LogP contribution in [0.1, 0.15) is 42.5 Å². The summed E-state index contributed by atoms with van der Waals surface area (Å²) in [5.74, 6) is -0.484. The molecule has 3 N–H and O–H groups in total. The van der Waals surface area contributed by atoms with Crippen LogP contribution in [0, 0.1) is 0 Å². The Bertz CT molecular complexity index is 414. The molecule has 17 heavy (non-hydrogen) atoms. The zero-order valence-corrected chi connectivity index (χ0v) is 10.5.